The van der Waals surface area contributed by atoms with Crippen molar-refractivity contribution in [1.29, 1.82) is 0 Å². The van der Waals surface area contributed by atoms with Gasteiger partial charge in [0.05, 0.1) is 6.10 Å². The predicted octanol–water partition coefficient (Wildman–Crippen LogP) is 0.970. The second kappa shape index (κ2) is 7.07. The van der Waals surface area contributed by atoms with Crippen molar-refractivity contribution in [3.8, 4) is 0 Å². The van der Waals surface area contributed by atoms with Crippen molar-refractivity contribution < 1.29 is 9.53 Å². The highest BCUT2D eigenvalue weighted by Crippen LogP contribution is 2.24. The Morgan fingerprint density at radius 2 is 1.81 bits per heavy atom. The fraction of sp³-hybridized carbons (Fsp3) is 0.938. The molecule has 1 amide bonds. The van der Waals surface area contributed by atoms with Crippen LogP contribution in [0.25, 0.3) is 0 Å². The summed E-state index contributed by atoms with van der Waals surface area (Å²) < 4.78 is 5.77. The Hall–Kier alpha value is -0.650. The van der Waals surface area contributed by atoms with Gasteiger partial charge in [-0.25, -0.2) is 0 Å². The van der Waals surface area contributed by atoms with Crippen LogP contribution in [0.1, 0.15) is 44.9 Å². The number of hydrogen-bond acceptors (Lipinski definition) is 4. The topological polar surface area (TPSA) is 58.8 Å². The van der Waals surface area contributed by atoms with Crippen LogP contribution in [-0.4, -0.2) is 66.7 Å². The summed E-state index contributed by atoms with van der Waals surface area (Å²) in [6.07, 6.45) is 7.79. The fourth-order valence-corrected chi connectivity index (χ4v) is 4.04. The first-order valence-electron chi connectivity index (χ1n) is 8.66. The number of nitrogens with zero attached hydrogens (tertiary/aromatic N) is 2. The second-order valence-electron chi connectivity index (χ2n) is 6.71. The molecule has 21 heavy (non-hydrogen) atoms. The molecule has 5 heteroatoms. The highest BCUT2D eigenvalue weighted by molar-refractivity contribution is 5.81. The van der Waals surface area contributed by atoms with Crippen molar-refractivity contribution in [2.24, 2.45) is 5.73 Å². The van der Waals surface area contributed by atoms with Gasteiger partial charge in [-0.05, 0) is 58.0 Å². The predicted molar refractivity (Wildman–Crippen MR) is 82.0 cm³/mol. The van der Waals surface area contributed by atoms with Crippen LogP contribution >= 0.6 is 0 Å². The zero-order chi connectivity index (χ0) is 14.7. The Morgan fingerprint density at radius 1 is 1.00 bits per heavy atom. The van der Waals surface area contributed by atoms with Gasteiger partial charge in [0.2, 0.25) is 0 Å². The average molecular weight is 295 g/mol. The second-order valence-corrected chi connectivity index (χ2v) is 6.71. The number of ether oxygens (including phenoxy) is 1. The van der Waals surface area contributed by atoms with Crippen LogP contribution in [-0.2, 0) is 9.53 Å². The summed E-state index contributed by atoms with van der Waals surface area (Å²) in [4.78, 5) is 17.3. The molecule has 3 atom stereocenters. The quantitative estimate of drug-likeness (QED) is 0.843. The minimum absolute atomic E-state index is 0.0864. The molecule has 2 N–H and O–H groups in total. The maximum absolute atomic E-state index is 12.6. The minimum atomic E-state index is -0.234. The third kappa shape index (κ3) is 3.58. The van der Waals surface area contributed by atoms with E-state index in [1.807, 2.05) is 4.90 Å². The first-order chi connectivity index (χ1) is 10.3. The first-order valence-corrected chi connectivity index (χ1v) is 8.66. The van der Waals surface area contributed by atoms with Gasteiger partial charge in [0, 0.05) is 25.7 Å². The molecule has 0 aromatic heterocycles. The monoisotopic (exact) mass is 295 g/mol. The standard InChI is InChI=1S/C16H29N3O2/c17-12-14-5-6-15(21-14)16(20)19-10-3-4-13(7-11-19)18-8-1-2-9-18/h13-15H,1-12,17H2/t13?,14-,15+/m1/s1. The maximum atomic E-state index is 12.6. The van der Waals surface area contributed by atoms with Gasteiger partial charge >= 0.3 is 0 Å². The minimum Gasteiger partial charge on any atom is -0.364 e. The summed E-state index contributed by atoms with van der Waals surface area (Å²) in [7, 11) is 0. The number of carbonyl (C=O) groups is 1. The smallest absolute Gasteiger partial charge is 0.251 e. The summed E-state index contributed by atoms with van der Waals surface area (Å²) in [5.41, 5.74) is 5.63. The Balaban J connectivity index is 1.51. The normalized spacial score (nSPS) is 35.1. The van der Waals surface area contributed by atoms with Crippen LogP contribution in [0.2, 0.25) is 0 Å². The lowest BCUT2D eigenvalue weighted by Gasteiger charge is -2.27. The van der Waals surface area contributed by atoms with Crippen molar-refractivity contribution in [2.75, 3.05) is 32.7 Å². The van der Waals surface area contributed by atoms with Crippen LogP contribution in [0.15, 0.2) is 0 Å². The maximum Gasteiger partial charge on any atom is 0.251 e. The third-order valence-corrected chi connectivity index (χ3v) is 5.31. The number of hydrogen-bond donors (Lipinski definition) is 1. The zero-order valence-electron chi connectivity index (χ0n) is 13.0. The molecule has 3 fully saturated rings. The van der Waals surface area contributed by atoms with E-state index >= 15 is 0 Å². The van der Waals surface area contributed by atoms with Crippen LogP contribution in [0, 0.1) is 0 Å². The first kappa shape index (κ1) is 15.3. The van der Waals surface area contributed by atoms with E-state index in [2.05, 4.69) is 4.90 Å². The molecule has 3 aliphatic heterocycles. The molecule has 0 bridgehead atoms. The van der Waals surface area contributed by atoms with E-state index in [0.717, 1.165) is 38.8 Å². The van der Waals surface area contributed by atoms with Crippen LogP contribution in [0.5, 0.6) is 0 Å². The molecule has 5 nitrogen and oxygen atoms in total. The number of carbonyl (C=O) groups excluding carboxylic acids is 1. The fourth-order valence-electron chi connectivity index (χ4n) is 4.04. The van der Waals surface area contributed by atoms with E-state index in [1.54, 1.807) is 0 Å². The van der Waals surface area contributed by atoms with Crippen molar-refractivity contribution in [1.82, 2.24) is 9.80 Å². The Morgan fingerprint density at radius 3 is 2.52 bits per heavy atom. The molecule has 0 aromatic rings. The summed E-state index contributed by atoms with van der Waals surface area (Å²) in [6.45, 7) is 4.83. The van der Waals surface area contributed by atoms with Crippen LogP contribution in [0.3, 0.4) is 0 Å². The molecule has 3 rings (SSSR count). The van der Waals surface area contributed by atoms with Gasteiger partial charge in [-0.1, -0.05) is 0 Å². The summed E-state index contributed by atoms with van der Waals surface area (Å²) in [5.74, 6) is 0.202. The molecule has 0 saturated carbocycles. The number of amides is 1. The van der Waals surface area contributed by atoms with Gasteiger partial charge in [0.15, 0.2) is 0 Å². The van der Waals surface area contributed by atoms with Crippen molar-refractivity contribution >= 4 is 5.91 Å². The van der Waals surface area contributed by atoms with Crippen molar-refractivity contribution in [3.05, 3.63) is 0 Å². The van der Waals surface area contributed by atoms with E-state index in [4.69, 9.17) is 10.5 Å². The molecule has 3 aliphatic rings. The van der Waals surface area contributed by atoms with E-state index in [0.29, 0.717) is 12.6 Å². The average Bonchev–Trinajstić information content (AvgIpc) is 3.14. The van der Waals surface area contributed by atoms with Crippen LogP contribution < -0.4 is 5.73 Å². The molecule has 0 spiro atoms. The molecule has 0 radical (unpaired) electrons. The molecule has 0 aromatic carbocycles. The van der Waals surface area contributed by atoms with Gasteiger partial charge in [-0.3, -0.25) is 4.79 Å². The number of nitrogens with two attached hydrogens (primary N) is 1. The molecule has 3 heterocycles. The van der Waals surface area contributed by atoms with Gasteiger partial charge in [-0.15, -0.1) is 0 Å². The molecule has 1 unspecified atom stereocenters. The molecular weight excluding hydrogens is 266 g/mol. The lowest BCUT2D eigenvalue weighted by atomic mass is 10.1. The van der Waals surface area contributed by atoms with Gasteiger partial charge in [0.1, 0.15) is 6.10 Å². The Labute approximate surface area is 127 Å². The molecule has 0 aliphatic carbocycles. The van der Waals surface area contributed by atoms with Crippen molar-refractivity contribution in [3.63, 3.8) is 0 Å². The number of likely N-dealkylation sites (tertiary alicyclic amines) is 2. The van der Waals surface area contributed by atoms with E-state index in [1.165, 1.54) is 32.4 Å². The molecule has 120 valence electrons. The SMILES string of the molecule is NC[C@H]1CC[C@@H](C(=O)N2CCCC(N3CCCC3)CC2)O1. The van der Waals surface area contributed by atoms with Gasteiger partial charge in [-0.2, -0.15) is 0 Å². The Bertz CT molecular complexity index is 357. The summed E-state index contributed by atoms with van der Waals surface area (Å²) >= 11 is 0. The summed E-state index contributed by atoms with van der Waals surface area (Å²) in [6, 6.07) is 0.687. The Kier molecular flexibility index (Phi) is 5.14. The van der Waals surface area contributed by atoms with Gasteiger partial charge in [0.25, 0.3) is 5.91 Å². The van der Waals surface area contributed by atoms with E-state index in [9.17, 15) is 4.79 Å². The third-order valence-electron chi connectivity index (χ3n) is 5.31. The van der Waals surface area contributed by atoms with Gasteiger partial charge < -0.3 is 20.3 Å². The van der Waals surface area contributed by atoms with Crippen LogP contribution in [0.4, 0.5) is 0 Å². The van der Waals surface area contributed by atoms with E-state index in [-0.39, 0.29) is 18.1 Å². The highest BCUT2D eigenvalue weighted by atomic mass is 16.5. The largest absolute Gasteiger partial charge is 0.364 e. The molecular formula is C16H29N3O2. The molecule has 3 saturated heterocycles. The lowest BCUT2D eigenvalue weighted by molar-refractivity contribution is -0.142. The number of rotatable bonds is 3. The van der Waals surface area contributed by atoms with E-state index < -0.39 is 0 Å². The van der Waals surface area contributed by atoms with Crippen molar-refractivity contribution in [2.45, 2.75) is 63.2 Å². The summed E-state index contributed by atoms with van der Waals surface area (Å²) in [5, 5.41) is 0. The highest BCUT2D eigenvalue weighted by Gasteiger charge is 2.34. The lowest BCUT2D eigenvalue weighted by Crippen LogP contribution is -2.41. The zero-order valence-corrected chi connectivity index (χ0v) is 13.0.